The fourth-order valence-electron chi connectivity index (χ4n) is 5.15. The maximum Gasteiger partial charge on any atom is 0.267 e. The van der Waals surface area contributed by atoms with Gasteiger partial charge in [0.05, 0.1) is 0 Å². The predicted octanol–water partition coefficient (Wildman–Crippen LogP) is 3.30. The van der Waals surface area contributed by atoms with Gasteiger partial charge in [-0.15, -0.1) is 0 Å². The van der Waals surface area contributed by atoms with Crippen molar-refractivity contribution in [2.45, 2.75) is 50.2 Å². The van der Waals surface area contributed by atoms with E-state index < -0.39 is 0 Å². The minimum Gasteiger partial charge on any atom is -0.356 e. The van der Waals surface area contributed by atoms with Gasteiger partial charge in [0.2, 0.25) is 0 Å². The monoisotopic (exact) mass is 489 g/mol. The average Bonchev–Trinajstić information content (AvgIpc) is 3.59. The van der Waals surface area contributed by atoms with Crippen LogP contribution in [0, 0.1) is 5.92 Å². The highest BCUT2D eigenvalue weighted by Gasteiger charge is 2.31. The number of nitrogens with one attached hydrogen (secondary N) is 2. The van der Waals surface area contributed by atoms with Gasteiger partial charge in [0.25, 0.3) is 5.91 Å². The third kappa shape index (κ3) is 6.25. The summed E-state index contributed by atoms with van der Waals surface area (Å²) in [6, 6.07) is 8.89. The van der Waals surface area contributed by atoms with Crippen molar-refractivity contribution in [3.05, 3.63) is 46.0 Å². The highest BCUT2D eigenvalue weighted by Crippen LogP contribution is 2.29. The summed E-state index contributed by atoms with van der Waals surface area (Å²) in [4.78, 5) is 20.2. The van der Waals surface area contributed by atoms with Crippen LogP contribution in [0.3, 0.4) is 0 Å². The summed E-state index contributed by atoms with van der Waals surface area (Å²) in [6.07, 6.45) is 6.16. The Kier molecular flexibility index (Phi) is 7.83. The van der Waals surface area contributed by atoms with Crippen LogP contribution in [0.1, 0.15) is 37.7 Å². The predicted molar refractivity (Wildman–Crippen MR) is 136 cm³/mol. The molecule has 8 heteroatoms. The molecule has 2 saturated heterocycles. The van der Waals surface area contributed by atoms with E-state index in [0.717, 1.165) is 56.5 Å². The van der Waals surface area contributed by atoms with Crippen molar-refractivity contribution in [3.8, 4) is 0 Å². The van der Waals surface area contributed by atoms with E-state index in [2.05, 4.69) is 37.5 Å². The normalized spacial score (nSPS) is 26.0. The Labute approximate surface area is 207 Å². The van der Waals surface area contributed by atoms with E-state index >= 15 is 0 Å². The van der Waals surface area contributed by atoms with Crippen molar-refractivity contribution in [1.82, 2.24) is 25.3 Å². The van der Waals surface area contributed by atoms with E-state index in [9.17, 15) is 4.79 Å². The van der Waals surface area contributed by atoms with E-state index in [1.807, 2.05) is 17.5 Å². The minimum atomic E-state index is 0.0527. The molecule has 3 fully saturated rings. The van der Waals surface area contributed by atoms with Crippen molar-refractivity contribution >= 4 is 29.3 Å². The lowest BCUT2D eigenvalue weighted by molar-refractivity contribution is -0.118. The number of likely N-dealkylation sites (tertiary alicyclic amines) is 1. The van der Waals surface area contributed by atoms with Crippen molar-refractivity contribution in [1.29, 1.82) is 0 Å². The Balaban J connectivity index is 1.05. The van der Waals surface area contributed by atoms with Crippen LogP contribution in [0.15, 0.2) is 35.4 Å². The lowest BCUT2D eigenvalue weighted by atomic mass is 10.0. The number of halogens is 1. The number of rotatable bonds is 7. The zero-order valence-electron chi connectivity index (χ0n) is 19.3. The van der Waals surface area contributed by atoms with Crippen LogP contribution in [0.4, 0.5) is 0 Å². The Morgan fingerprint density at radius 3 is 2.58 bits per heavy atom. The third-order valence-corrected chi connectivity index (χ3v) is 8.82. The lowest BCUT2D eigenvalue weighted by Gasteiger charge is -2.38. The van der Waals surface area contributed by atoms with Gasteiger partial charge in [-0.05, 0) is 69.3 Å². The molecule has 4 aliphatic rings. The molecule has 3 heterocycles. The quantitative estimate of drug-likeness (QED) is 0.613. The molecule has 180 valence electrons. The molecule has 1 saturated carbocycles. The molecule has 0 aromatic heterocycles. The molecular formula is C25H36ClN5OS. The second kappa shape index (κ2) is 11.0. The first-order valence-electron chi connectivity index (χ1n) is 12.5. The fourth-order valence-corrected chi connectivity index (χ4v) is 6.36. The molecular weight excluding hydrogens is 454 g/mol. The Morgan fingerprint density at radius 1 is 1.03 bits per heavy atom. The molecule has 1 unspecified atom stereocenters. The standard InChI is InChI=1S/C25H36ClN5OS/c26-22-5-2-1-4-20(22)17-29-12-8-21(9-13-29)30-10-3-11-31(15-14-30)25-28-23(18-33-25)24(32)27-16-19-6-7-19/h1-2,4-5,18-19,21,25,28H,3,6-17H2,(H,27,32). The summed E-state index contributed by atoms with van der Waals surface area (Å²) >= 11 is 8.10. The van der Waals surface area contributed by atoms with E-state index in [-0.39, 0.29) is 11.4 Å². The summed E-state index contributed by atoms with van der Waals surface area (Å²) in [7, 11) is 0. The van der Waals surface area contributed by atoms with Crippen LogP contribution in [-0.4, -0.2) is 78.0 Å². The molecule has 1 aromatic carbocycles. The van der Waals surface area contributed by atoms with Crippen molar-refractivity contribution < 1.29 is 4.79 Å². The molecule has 0 radical (unpaired) electrons. The molecule has 1 aromatic rings. The van der Waals surface area contributed by atoms with Crippen LogP contribution in [0.5, 0.6) is 0 Å². The first-order chi connectivity index (χ1) is 16.2. The summed E-state index contributed by atoms with van der Waals surface area (Å²) in [5.41, 5.74) is 2.15. The maximum atomic E-state index is 12.4. The van der Waals surface area contributed by atoms with Crippen LogP contribution in [0.2, 0.25) is 5.02 Å². The second-order valence-corrected chi connectivity index (χ2v) is 11.2. The van der Waals surface area contributed by atoms with Crippen LogP contribution < -0.4 is 10.6 Å². The number of carbonyl (C=O) groups is 1. The highest BCUT2D eigenvalue weighted by molar-refractivity contribution is 8.02. The van der Waals surface area contributed by atoms with Gasteiger partial charge in [0.15, 0.2) is 0 Å². The number of hydrogen-bond donors (Lipinski definition) is 2. The van der Waals surface area contributed by atoms with Gasteiger partial charge in [0.1, 0.15) is 11.2 Å². The summed E-state index contributed by atoms with van der Waals surface area (Å²) in [5.74, 6) is 0.760. The van der Waals surface area contributed by atoms with Gasteiger partial charge in [-0.25, -0.2) is 0 Å². The smallest absolute Gasteiger partial charge is 0.267 e. The number of carbonyl (C=O) groups excluding carboxylic acids is 1. The van der Waals surface area contributed by atoms with E-state index in [1.165, 1.54) is 44.2 Å². The lowest BCUT2D eigenvalue weighted by Crippen LogP contribution is -2.47. The fraction of sp³-hybridized carbons (Fsp3) is 0.640. The Hall–Kier alpha value is -1.25. The van der Waals surface area contributed by atoms with Crippen LogP contribution in [-0.2, 0) is 11.3 Å². The molecule has 0 spiro atoms. The number of nitrogens with zero attached hydrogens (tertiary/aromatic N) is 3. The van der Waals surface area contributed by atoms with Crippen LogP contribution in [0.25, 0.3) is 0 Å². The summed E-state index contributed by atoms with van der Waals surface area (Å²) < 4.78 is 0. The Bertz CT molecular complexity index is 855. The Morgan fingerprint density at radius 2 is 1.79 bits per heavy atom. The van der Waals surface area contributed by atoms with E-state index in [0.29, 0.717) is 12.0 Å². The zero-order chi connectivity index (χ0) is 22.6. The van der Waals surface area contributed by atoms with Crippen LogP contribution >= 0.6 is 23.4 Å². The maximum absolute atomic E-state index is 12.4. The molecule has 5 rings (SSSR count). The second-order valence-electron chi connectivity index (χ2n) is 9.84. The molecule has 6 nitrogen and oxygen atoms in total. The van der Waals surface area contributed by atoms with Crippen molar-refractivity contribution in [2.24, 2.45) is 5.92 Å². The first-order valence-corrected chi connectivity index (χ1v) is 13.8. The SMILES string of the molecule is O=C(NCC1CC1)C1=CSC(N2CCCN(C3CCN(Cc4ccccc4Cl)CC3)CC2)N1. The van der Waals surface area contributed by atoms with Gasteiger partial charge < -0.3 is 10.6 Å². The van der Waals surface area contributed by atoms with Crippen molar-refractivity contribution in [2.75, 3.05) is 45.8 Å². The summed E-state index contributed by atoms with van der Waals surface area (Å²) in [6.45, 7) is 8.46. The molecule has 1 atom stereocenters. The molecule has 0 bridgehead atoms. The number of amides is 1. The molecule has 1 aliphatic carbocycles. The van der Waals surface area contributed by atoms with E-state index in [1.54, 1.807) is 11.8 Å². The molecule has 3 aliphatic heterocycles. The van der Waals surface area contributed by atoms with Gasteiger partial charge in [-0.3, -0.25) is 19.5 Å². The van der Waals surface area contributed by atoms with Crippen molar-refractivity contribution in [3.63, 3.8) is 0 Å². The number of benzene rings is 1. The first kappa shape index (κ1) is 23.5. The molecule has 33 heavy (non-hydrogen) atoms. The number of piperidine rings is 1. The minimum absolute atomic E-state index is 0.0527. The highest BCUT2D eigenvalue weighted by atomic mass is 35.5. The third-order valence-electron chi connectivity index (χ3n) is 7.41. The van der Waals surface area contributed by atoms with Gasteiger partial charge in [-0.1, -0.05) is 41.6 Å². The molecule has 2 N–H and O–H groups in total. The summed E-state index contributed by atoms with van der Waals surface area (Å²) in [5, 5.41) is 9.42. The van der Waals surface area contributed by atoms with Gasteiger partial charge in [-0.2, -0.15) is 0 Å². The van der Waals surface area contributed by atoms with Gasteiger partial charge in [0, 0.05) is 49.2 Å². The largest absolute Gasteiger partial charge is 0.356 e. The average molecular weight is 490 g/mol. The van der Waals surface area contributed by atoms with Gasteiger partial charge >= 0.3 is 0 Å². The number of thioether (sulfide) groups is 1. The zero-order valence-corrected chi connectivity index (χ0v) is 20.9. The number of hydrogen-bond acceptors (Lipinski definition) is 6. The molecule has 1 amide bonds. The van der Waals surface area contributed by atoms with E-state index in [4.69, 9.17) is 11.6 Å². The topological polar surface area (TPSA) is 50.9 Å².